The molecule has 3 rings (SSSR count). The molecule has 0 spiro atoms. The number of carbonyl (C=O) groups excluding carboxylic acids is 1. The third-order valence-electron chi connectivity index (χ3n) is 4.98. The number of nitrogens with zero attached hydrogens (tertiary/aromatic N) is 1. The molecule has 0 saturated carbocycles. The summed E-state index contributed by atoms with van der Waals surface area (Å²) < 4.78 is 12.4. The van der Waals surface area contributed by atoms with Gasteiger partial charge in [-0.2, -0.15) is 0 Å². The average molecular weight is 389 g/mol. The molecule has 0 saturated heterocycles. The lowest BCUT2D eigenvalue weighted by molar-refractivity contribution is 0.0694. The van der Waals surface area contributed by atoms with E-state index in [1.807, 2.05) is 18.4 Å². The summed E-state index contributed by atoms with van der Waals surface area (Å²) >= 11 is 0. The molecule has 2 aromatic heterocycles. The fourth-order valence-electron chi connectivity index (χ4n) is 3.51. The first-order valence-electron chi connectivity index (χ1n) is 9.24. The molecular weight excluding hydrogens is 364 g/mol. The number of carbonyl (C=O) groups is 1. The van der Waals surface area contributed by atoms with Crippen LogP contribution in [0, 0.1) is 5.92 Å². The third-order valence-corrected chi connectivity index (χ3v) is 4.98. The van der Waals surface area contributed by atoms with Crippen LogP contribution in [0.4, 0.5) is 0 Å². The number of fused-ring (bicyclic) bond motifs is 3. The van der Waals surface area contributed by atoms with Crippen LogP contribution in [0.3, 0.4) is 0 Å². The molecule has 0 aliphatic carbocycles. The lowest BCUT2D eigenvalue weighted by atomic mass is 9.89. The minimum atomic E-state index is -1.01. The van der Waals surface area contributed by atoms with Gasteiger partial charge in [0, 0.05) is 43.2 Å². The van der Waals surface area contributed by atoms with Crippen LogP contribution in [0.25, 0.3) is 11.4 Å². The van der Waals surface area contributed by atoms with Crippen molar-refractivity contribution in [3.8, 4) is 17.1 Å². The smallest absolute Gasteiger partial charge is 0.554 e. The molecule has 0 radical (unpaired) electrons. The van der Waals surface area contributed by atoms with Crippen molar-refractivity contribution in [2.75, 3.05) is 20.3 Å². The molecule has 0 bridgehead atoms. The molecule has 150 valence electrons. The Morgan fingerprint density at radius 2 is 2.07 bits per heavy atom. The predicted molar refractivity (Wildman–Crippen MR) is 104 cm³/mol. The van der Waals surface area contributed by atoms with E-state index in [9.17, 15) is 14.4 Å². The Morgan fingerprint density at radius 3 is 2.71 bits per heavy atom. The summed E-state index contributed by atoms with van der Waals surface area (Å²) in [4.78, 5) is 39.1. The highest BCUT2D eigenvalue weighted by molar-refractivity contribution is 5.87. The summed E-state index contributed by atoms with van der Waals surface area (Å²) in [5, 5.41) is 7.32. The molecule has 0 aromatic carbocycles. The monoisotopic (exact) mass is 389 g/mol. The van der Waals surface area contributed by atoms with E-state index in [-0.39, 0.29) is 28.8 Å². The van der Waals surface area contributed by atoms with Crippen molar-refractivity contribution in [3.05, 3.63) is 50.0 Å². The molecule has 8 nitrogen and oxygen atoms in total. The Hall–Kier alpha value is -2.87. The van der Waals surface area contributed by atoms with Gasteiger partial charge in [-0.05, 0) is 24.0 Å². The van der Waals surface area contributed by atoms with Crippen molar-refractivity contribution in [1.29, 1.82) is 0 Å². The van der Waals surface area contributed by atoms with Crippen LogP contribution in [-0.4, -0.2) is 41.0 Å². The Kier molecular flexibility index (Phi) is 5.69. The van der Waals surface area contributed by atoms with Crippen molar-refractivity contribution in [2.24, 2.45) is 5.92 Å². The molecule has 1 atom stereocenters. The van der Waals surface area contributed by atoms with Gasteiger partial charge in [-0.1, -0.05) is 13.8 Å². The highest BCUT2D eigenvalue weighted by atomic mass is 16.5. The number of aromatic nitrogens is 2. The van der Waals surface area contributed by atoms with E-state index in [4.69, 9.17) is 14.6 Å². The van der Waals surface area contributed by atoms with Gasteiger partial charge >= 0.3 is 5.97 Å². The second-order valence-corrected chi connectivity index (χ2v) is 7.25. The zero-order chi connectivity index (χ0) is 20.4. The Bertz CT molecular complexity index is 1000. The summed E-state index contributed by atoms with van der Waals surface area (Å²) in [6.07, 6.45) is 2.72. The number of nitrogens with one attached hydrogen (secondary N) is 1. The van der Waals surface area contributed by atoms with Crippen molar-refractivity contribution >= 4 is 5.97 Å². The zero-order valence-corrected chi connectivity index (χ0v) is 16.2. The summed E-state index contributed by atoms with van der Waals surface area (Å²) in [5.41, 5.74) is 0.897. The van der Waals surface area contributed by atoms with E-state index in [0.717, 1.165) is 5.56 Å². The largest absolute Gasteiger partial charge is 0.561 e. The summed E-state index contributed by atoms with van der Waals surface area (Å²) in [7, 11) is 1.61. The molecule has 1 unspecified atom stereocenters. The number of aromatic amines is 1. The van der Waals surface area contributed by atoms with Crippen LogP contribution in [-0.2, 0) is 11.2 Å². The molecule has 8 heteroatoms. The van der Waals surface area contributed by atoms with Gasteiger partial charge in [-0.25, -0.2) is 0 Å². The SMILES string of the molecule is COCCCOc1cc2c([nH]c1=O)-c1cc(=O)c(C(=O)[OH2+])cn1C(C(C)C)C2. The average Bonchev–Trinajstić information content (AvgIpc) is 2.64. The van der Waals surface area contributed by atoms with Crippen molar-refractivity contribution in [3.63, 3.8) is 0 Å². The molecule has 0 fully saturated rings. The second kappa shape index (κ2) is 8.02. The van der Waals surface area contributed by atoms with Crippen LogP contribution in [0.5, 0.6) is 5.75 Å². The Labute approximate surface area is 161 Å². The van der Waals surface area contributed by atoms with Crippen LogP contribution in [0.2, 0.25) is 0 Å². The maximum Gasteiger partial charge on any atom is 0.554 e. The van der Waals surface area contributed by atoms with Gasteiger partial charge in [0.15, 0.2) is 11.3 Å². The molecule has 3 N–H and O–H groups in total. The normalized spacial score (nSPS) is 15.2. The van der Waals surface area contributed by atoms with Gasteiger partial charge in [-0.15, -0.1) is 0 Å². The fourth-order valence-corrected chi connectivity index (χ4v) is 3.51. The van der Waals surface area contributed by atoms with Gasteiger partial charge < -0.3 is 24.1 Å². The number of pyridine rings is 2. The number of H-pyrrole nitrogens is 1. The maximum atomic E-state index is 12.5. The summed E-state index contributed by atoms with van der Waals surface area (Å²) in [6, 6.07) is 3.03. The molecule has 1 aliphatic rings. The molecule has 2 aromatic rings. The van der Waals surface area contributed by atoms with E-state index in [2.05, 4.69) is 4.98 Å². The standard InChI is InChI=1S/C20H24N2O6/c1-11(2)14-7-12-8-17(28-6-4-5-27-3)19(24)21-18(12)15-9-16(23)13(20(25)26)10-22(14)15/h8-11,14H,4-7H2,1-3H3,(H,21,24)(H,25,26)/p+1. The summed E-state index contributed by atoms with van der Waals surface area (Å²) in [6.45, 7) is 5.01. The van der Waals surface area contributed by atoms with Crippen molar-refractivity contribution < 1.29 is 19.4 Å². The van der Waals surface area contributed by atoms with Gasteiger partial charge in [-0.3, -0.25) is 9.59 Å². The van der Waals surface area contributed by atoms with Crippen LogP contribution in [0.15, 0.2) is 27.9 Å². The predicted octanol–water partition coefficient (Wildman–Crippen LogP) is 1.24. The number of ether oxygens (including phenoxy) is 2. The van der Waals surface area contributed by atoms with E-state index < -0.39 is 11.4 Å². The maximum absolute atomic E-state index is 12.5. The second-order valence-electron chi connectivity index (χ2n) is 7.25. The van der Waals surface area contributed by atoms with Crippen molar-refractivity contribution in [1.82, 2.24) is 9.55 Å². The van der Waals surface area contributed by atoms with Gasteiger partial charge in [0.1, 0.15) is 0 Å². The fraction of sp³-hybridized carbons (Fsp3) is 0.450. The third kappa shape index (κ3) is 3.73. The molecular formula is C20H25N2O6+. The van der Waals surface area contributed by atoms with E-state index in [1.54, 1.807) is 13.2 Å². The first-order chi connectivity index (χ1) is 13.3. The van der Waals surface area contributed by atoms with Crippen LogP contribution in [0.1, 0.15) is 42.2 Å². The molecule has 3 heterocycles. The quantitative estimate of drug-likeness (QED) is 0.565. The van der Waals surface area contributed by atoms with Crippen LogP contribution < -0.4 is 15.7 Å². The Balaban J connectivity index is 2.08. The summed E-state index contributed by atoms with van der Waals surface area (Å²) in [5.74, 6) is -0.561. The minimum Gasteiger partial charge on any atom is -0.561 e. The minimum absolute atomic E-state index is 0.0200. The van der Waals surface area contributed by atoms with Crippen LogP contribution >= 0.6 is 0 Å². The lowest BCUT2D eigenvalue weighted by Gasteiger charge is -2.32. The molecule has 1 aliphatic heterocycles. The van der Waals surface area contributed by atoms with E-state index >= 15 is 0 Å². The number of methoxy groups -OCH3 is 1. The van der Waals surface area contributed by atoms with E-state index in [0.29, 0.717) is 37.4 Å². The first-order valence-corrected chi connectivity index (χ1v) is 9.24. The number of hydrogen-bond donors (Lipinski definition) is 1. The molecule has 0 amide bonds. The highest BCUT2D eigenvalue weighted by Gasteiger charge is 2.30. The van der Waals surface area contributed by atoms with Gasteiger partial charge in [0.25, 0.3) is 5.56 Å². The first kappa shape index (κ1) is 19.9. The molecule has 28 heavy (non-hydrogen) atoms. The van der Waals surface area contributed by atoms with Gasteiger partial charge in [0.2, 0.25) is 5.43 Å². The van der Waals surface area contributed by atoms with E-state index in [1.165, 1.54) is 12.3 Å². The zero-order valence-electron chi connectivity index (χ0n) is 16.2. The van der Waals surface area contributed by atoms with Gasteiger partial charge in [0.05, 0.1) is 18.0 Å². The lowest BCUT2D eigenvalue weighted by Crippen LogP contribution is -2.30. The topological polar surface area (TPSA) is 113 Å². The Morgan fingerprint density at radius 1 is 1.32 bits per heavy atom. The number of rotatable bonds is 7. The number of hydrogen-bond acceptors (Lipinski definition) is 5. The van der Waals surface area contributed by atoms with Crippen molar-refractivity contribution in [2.45, 2.75) is 32.7 Å². The highest BCUT2D eigenvalue weighted by Crippen LogP contribution is 2.36.